The van der Waals surface area contributed by atoms with Gasteiger partial charge in [0.1, 0.15) is 0 Å². The maximum Gasteiger partial charge on any atom is -0.00881 e. The van der Waals surface area contributed by atoms with Crippen LogP contribution >= 0.6 is 0 Å². The molecule has 0 nitrogen and oxygen atoms in total. The van der Waals surface area contributed by atoms with Gasteiger partial charge in [0.15, 0.2) is 0 Å². The molecule has 0 bridgehead atoms. The Labute approximate surface area is 76.1 Å². The van der Waals surface area contributed by atoms with Crippen LogP contribution in [-0.4, -0.2) is 0 Å². The standard InChI is InChI=1S/C12H20/c1-3-10-7-8-11-6-4-5-9-12(10,11)2/h3,11H,4-9H2,1-2H3/b10-3+/t11-,12+/m1/s1. The number of allylic oxidation sites excluding steroid dienone is 2. The van der Waals surface area contributed by atoms with Crippen molar-refractivity contribution in [1.29, 1.82) is 0 Å². The molecule has 68 valence electrons. The second-order valence-corrected chi connectivity index (χ2v) is 4.71. The van der Waals surface area contributed by atoms with Crippen LogP contribution in [0.5, 0.6) is 0 Å². The third-order valence-electron chi connectivity index (χ3n) is 4.24. The minimum atomic E-state index is 0.618. The van der Waals surface area contributed by atoms with Crippen molar-refractivity contribution in [3.63, 3.8) is 0 Å². The van der Waals surface area contributed by atoms with E-state index >= 15 is 0 Å². The van der Waals surface area contributed by atoms with Crippen LogP contribution in [0.25, 0.3) is 0 Å². The fourth-order valence-corrected chi connectivity index (χ4v) is 3.38. The lowest BCUT2D eigenvalue weighted by Crippen LogP contribution is -2.26. The van der Waals surface area contributed by atoms with E-state index in [9.17, 15) is 0 Å². The predicted molar refractivity (Wildman–Crippen MR) is 53.1 cm³/mol. The van der Waals surface area contributed by atoms with Gasteiger partial charge in [0.2, 0.25) is 0 Å². The van der Waals surface area contributed by atoms with Gasteiger partial charge in [-0.15, -0.1) is 0 Å². The summed E-state index contributed by atoms with van der Waals surface area (Å²) >= 11 is 0. The number of rotatable bonds is 0. The van der Waals surface area contributed by atoms with Gasteiger partial charge < -0.3 is 0 Å². The first-order chi connectivity index (χ1) is 5.77. The van der Waals surface area contributed by atoms with Crippen LogP contribution in [0.2, 0.25) is 0 Å². The monoisotopic (exact) mass is 164 g/mol. The molecular formula is C12H20. The second-order valence-electron chi connectivity index (χ2n) is 4.71. The summed E-state index contributed by atoms with van der Waals surface area (Å²) in [5.41, 5.74) is 2.37. The SMILES string of the molecule is C/C=C1\CC[C@H]2CCCC[C@@]12C. The normalized spacial score (nSPS) is 44.8. The third-order valence-corrected chi connectivity index (χ3v) is 4.24. The Morgan fingerprint density at radius 3 is 2.92 bits per heavy atom. The largest absolute Gasteiger partial charge is 0.0879 e. The van der Waals surface area contributed by atoms with E-state index in [2.05, 4.69) is 19.9 Å². The van der Waals surface area contributed by atoms with E-state index in [4.69, 9.17) is 0 Å². The predicted octanol–water partition coefficient (Wildman–Crippen LogP) is 3.92. The summed E-state index contributed by atoms with van der Waals surface area (Å²) in [5, 5.41) is 0. The van der Waals surface area contributed by atoms with Gasteiger partial charge in [0.25, 0.3) is 0 Å². The van der Waals surface area contributed by atoms with Gasteiger partial charge in [-0.05, 0) is 43.9 Å². The maximum atomic E-state index is 2.50. The first-order valence-electron chi connectivity index (χ1n) is 5.43. The smallest absolute Gasteiger partial charge is 0.00881 e. The van der Waals surface area contributed by atoms with Crippen LogP contribution in [0, 0.1) is 11.3 Å². The molecule has 0 radical (unpaired) electrons. The van der Waals surface area contributed by atoms with Gasteiger partial charge in [-0.25, -0.2) is 0 Å². The summed E-state index contributed by atoms with van der Waals surface area (Å²) in [6, 6.07) is 0. The van der Waals surface area contributed by atoms with Gasteiger partial charge in [-0.3, -0.25) is 0 Å². The lowest BCUT2D eigenvalue weighted by Gasteiger charge is -2.37. The average Bonchev–Trinajstić information content (AvgIpc) is 2.41. The highest BCUT2D eigenvalue weighted by molar-refractivity contribution is 5.20. The third kappa shape index (κ3) is 1.04. The fraction of sp³-hybridized carbons (Fsp3) is 0.833. The summed E-state index contributed by atoms with van der Waals surface area (Å²) in [4.78, 5) is 0. The summed E-state index contributed by atoms with van der Waals surface area (Å²) in [6.45, 7) is 4.72. The average molecular weight is 164 g/mol. The lowest BCUT2D eigenvalue weighted by molar-refractivity contribution is 0.188. The molecule has 0 aromatic carbocycles. The van der Waals surface area contributed by atoms with E-state index in [0.29, 0.717) is 5.41 Å². The highest BCUT2D eigenvalue weighted by Crippen LogP contribution is 2.54. The van der Waals surface area contributed by atoms with Crippen molar-refractivity contribution in [2.45, 2.75) is 52.4 Å². The van der Waals surface area contributed by atoms with Crippen molar-refractivity contribution in [2.75, 3.05) is 0 Å². The van der Waals surface area contributed by atoms with Gasteiger partial charge in [0.05, 0.1) is 0 Å². The molecule has 2 fully saturated rings. The molecule has 0 amide bonds. The Kier molecular flexibility index (Phi) is 2.02. The quantitative estimate of drug-likeness (QED) is 0.476. The molecule has 0 aliphatic heterocycles. The zero-order chi connectivity index (χ0) is 8.60. The Morgan fingerprint density at radius 1 is 1.33 bits per heavy atom. The van der Waals surface area contributed by atoms with Gasteiger partial charge in [0, 0.05) is 0 Å². The first kappa shape index (κ1) is 8.34. The van der Waals surface area contributed by atoms with Gasteiger partial charge in [-0.2, -0.15) is 0 Å². The Balaban J connectivity index is 2.25. The lowest BCUT2D eigenvalue weighted by atomic mass is 9.68. The Morgan fingerprint density at radius 2 is 2.17 bits per heavy atom. The minimum Gasteiger partial charge on any atom is -0.0879 e. The molecule has 2 aliphatic carbocycles. The van der Waals surface area contributed by atoms with E-state index in [-0.39, 0.29) is 0 Å². The zero-order valence-electron chi connectivity index (χ0n) is 8.40. The van der Waals surface area contributed by atoms with Gasteiger partial charge >= 0.3 is 0 Å². The van der Waals surface area contributed by atoms with Crippen LogP contribution in [0.1, 0.15) is 52.4 Å². The number of hydrogen-bond acceptors (Lipinski definition) is 0. The van der Waals surface area contributed by atoms with Gasteiger partial charge in [-0.1, -0.05) is 31.4 Å². The van der Waals surface area contributed by atoms with Crippen molar-refractivity contribution >= 4 is 0 Å². The molecule has 0 aromatic heterocycles. The summed E-state index contributed by atoms with van der Waals surface area (Å²) in [6.07, 6.45) is 11.1. The molecule has 0 aromatic rings. The highest BCUT2D eigenvalue weighted by atomic mass is 14.5. The van der Waals surface area contributed by atoms with E-state index in [1.807, 2.05) is 0 Å². The van der Waals surface area contributed by atoms with Crippen LogP contribution in [0.3, 0.4) is 0 Å². The topological polar surface area (TPSA) is 0 Å². The van der Waals surface area contributed by atoms with Crippen molar-refractivity contribution in [1.82, 2.24) is 0 Å². The highest BCUT2D eigenvalue weighted by Gasteiger charge is 2.42. The van der Waals surface area contributed by atoms with Crippen LogP contribution in [0.4, 0.5) is 0 Å². The summed E-state index contributed by atoms with van der Waals surface area (Å²) in [5.74, 6) is 1.03. The molecule has 0 saturated heterocycles. The molecule has 0 heterocycles. The molecule has 2 aliphatic rings. The molecule has 12 heavy (non-hydrogen) atoms. The van der Waals surface area contributed by atoms with Crippen molar-refractivity contribution in [2.24, 2.45) is 11.3 Å². The number of fused-ring (bicyclic) bond motifs is 1. The summed E-state index contributed by atoms with van der Waals surface area (Å²) in [7, 11) is 0. The molecule has 2 rings (SSSR count). The fourth-order valence-electron chi connectivity index (χ4n) is 3.38. The van der Waals surface area contributed by atoms with Crippen LogP contribution in [0.15, 0.2) is 11.6 Å². The first-order valence-corrected chi connectivity index (χ1v) is 5.43. The Bertz CT molecular complexity index is 202. The second kappa shape index (κ2) is 2.90. The molecular weight excluding hydrogens is 144 g/mol. The van der Waals surface area contributed by atoms with E-state index in [1.54, 1.807) is 5.57 Å². The zero-order valence-corrected chi connectivity index (χ0v) is 8.40. The molecule has 2 atom stereocenters. The molecule has 0 N–H and O–H groups in total. The molecule has 0 spiro atoms. The van der Waals surface area contributed by atoms with E-state index < -0.39 is 0 Å². The molecule has 0 unspecified atom stereocenters. The maximum absolute atomic E-state index is 2.50. The summed E-state index contributed by atoms with van der Waals surface area (Å²) < 4.78 is 0. The minimum absolute atomic E-state index is 0.618. The number of hydrogen-bond donors (Lipinski definition) is 0. The van der Waals surface area contributed by atoms with Crippen molar-refractivity contribution in [3.8, 4) is 0 Å². The van der Waals surface area contributed by atoms with Crippen molar-refractivity contribution < 1.29 is 0 Å². The van der Waals surface area contributed by atoms with E-state index in [0.717, 1.165) is 5.92 Å². The molecule has 2 saturated carbocycles. The van der Waals surface area contributed by atoms with Crippen molar-refractivity contribution in [3.05, 3.63) is 11.6 Å². The van der Waals surface area contributed by atoms with Crippen LogP contribution < -0.4 is 0 Å². The Hall–Kier alpha value is -0.260. The molecule has 0 heteroatoms. The van der Waals surface area contributed by atoms with E-state index in [1.165, 1.54) is 38.5 Å². The van der Waals surface area contributed by atoms with Crippen LogP contribution in [-0.2, 0) is 0 Å².